The van der Waals surface area contributed by atoms with E-state index in [4.69, 9.17) is 5.73 Å². The molecular weight excluding hydrogens is 274 g/mol. The van der Waals surface area contributed by atoms with E-state index in [-0.39, 0.29) is 0 Å². The molecule has 1 fully saturated rings. The van der Waals surface area contributed by atoms with Crippen LogP contribution < -0.4 is 5.73 Å². The number of rotatable bonds is 13. The Labute approximate surface area is 138 Å². The lowest BCUT2D eigenvalue weighted by atomic mass is 9.92. The second kappa shape index (κ2) is 13.9. The van der Waals surface area contributed by atoms with E-state index < -0.39 is 0 Å². The van der Waals surface area contributed by atoms with Gasteiger partial charge in [-0.1, -0.05) is 71.1 Å². The maximum atomic E-state index is 6.31. The van der Waals surface area contributed by atoms with Crippen molar-refractivity contribution < 1.29 is 0 Å². The molecule has 1 aliphatic rings. The second-order valence-corrected chi connectivity index (χ2v) is 8.25. The van der Waals surface area contributed by atoms with E-state index in [1.54, 1.807) is 0 Å². The first-order valence-electron chi connectivity index (χ1n) is 9.66. The Kier molecular flexibility index (Phi) is 12.8. The normalized spacial score (nSPS) is 18.0. The van der Waals surface area contributed by atoms with Crippen LogP contribution >= 0.6 is 11.8 Å². The summed E-state index contributed by atoms with van der Waals surface area (Å²) in [6, 6.07) is 0.479. The van der Waals surface area contributed by atoms with E-state index in [1.165, 1.54) is 101 Å². The molecular formula is C19H39NS. The molecule has 1 saturated heterocycles. The van der Waals surface area contributed by atoms with Crippen LogP contribution in [0.2, 0.25) is 0 Å². The smallest absolute Gasteiger partial charge is 0.00414 e. The molecule has 1 unspecified atom stereocenters. The predicted octanol–water partition coefficient (Wildman–Crippen LogP) is 6.16. The molecule has 0 aromatic carbocycles. The standard InChI is InChI=1S/C19H39NS/c1-2-3-4-5-6-7-8-9-10-11-12-19(20)17-18-13-15-21-16-14-18/h18-19H,2-17,20H2,1H3. The maximum absolute atomic E-state index is 6.31. The minimum Gasteiger partial charge on any atom is -0.328 e. The predicted molar refractivity (Wildman–Crippen MR) is 99.1 cm³/mol. The highest BCUT2D eigenvalue weighted by atomic mass is 32.2. The molecule has 0 amide bonds. The van der Waals surface area contributed by atoms with Gasteiger partial charge in [0.05, 0.1) is 0 Å². The van der Waals surface area contributed by atoms with Crippen molar-refractivity contribution in [3.05, 3.63) is 0 Å². The summed E-state index contributed by atoms with van der Waals surface area (Å²) in [5.74, 6) is 3.68. The van der Waals surface area contributed by atoms with Crippen molar-refractivity contribution in [2.45, 2.75) is 103 Å². The Morgan fingerprint density at radius 2 is 1.38 bits per heavy atom. The molecule has 0 radical (unpaired) electrons. The molecule has 0 aromatic rings. The zero-order chi connectivity index (χ0) is 15.2. The van der Waals surface area contributed by atoms with Crippen LogP contribution in [-0.4, -0.2) is 17.5 Å². The number of thioether (sulfide) groups is 1. The van der Waals surface area contributed by atoms with Gasteiger partial charge < -0.3 is 5.73 Å². The molecule has 1 rings (SSSR count). The van der Waals surface area contributed by atoms with Crippen LogP contribution in [0.15, 0.2) is 0 Å². The van der Waals surface area contributed by atoms with Crippen molar-refractivity contribution in [2.75, 3.05) is 11.5 Å². The minimum absolute atomic E-state index is 0.479. The molecule has 1 atom stereocenters. The van der Waals surface area contributed by atoms with Gasteiger partial charge in [0.1, 0.15) is 0 Å². The molecule has 0 saturated carbocycles. The first kappa shape index (κ1) is 19.4. The van der Waals surface area contributed by atoms with Crippen molar-refractivity contribution >= 4 is 11.8 Å². The van der Waals surface area contributed by atoms with Crippen molar-refractivity contribution in [2.24, 2.45) is 11.7 Å². The quantitative estimate of drug-likeness (QED) is 0.412. The summed E-state index contributed by atoms with van der Waals surface area (Å²) in [7, 11) is 0. The summed E-state index contributed by atoms with van der Waals surface area (Å²) < 4.78 is 0. The van der Waals surface area contributed by atoms with E-state index in [9.17, 15) is 0 Å². The highest BCUT2D eigenvalue weighted by Gasteiger charge is 2.16. The Bertz CT molecular complexity index is 214. The molecule has 0 bridgehead atoms. The van der Waals surface area contributed by atoms with Gasteiger partial charge in [-0.05, 0) is 43.1 Å². The van der Waals surface area contributed by atoms with Gasteiger partial charge in [0, 0.05) is 6.04 Å². The SMILES string of the molecule is CCCCCCCCCCCCC(N)CC1CCSCC1. The number of nitrogens with two attached hydrogens (primary N) is 1. The zero-order valence-corrected chi connectivity index (χ0v) is 15.3. The molecule has 21 heavy (non-hydrogen) atoms. The Morgan fingerprint density at radius 1 is 0.857 bits per heavy atom. The van der Waals surface area contributed by atoms with Gasteiger partial charge >= 0.3 is 0 Å². The van der Waals surface area contributed by atoms with E-state index in [2.05, 4.69) is 18.7 Å². The molecule has 1 nitrogen and oxygen atoms in total. The van der Waals surface area contributed by atoms with Gasteiger partial charge in [0.2, 0.25) is 0 Å². The van der Waals surface area contributed by atoms with Gasteiger partial charge in [-0.15, -0.1) is 0 Å². The molecule has 0 spiro atoms. The first-order chi connectivity index (χ1) is 10.3. The topological polar surface area (TPSA) is 26.0 Å². The first-order valence-corrected chi connectivity index (χ1v) is 10.8. The van der Waals surface area contributed by atoms with Crippen LogP contribution in [0.1, 0.15) is 96.8 Å². The number of unbranched alkanes of at least 4 members (excludes halogenated alkanes) is 9. The van der Waals surface area contributed by atoms with Crippen molar-refractivity contribution in [3.8, 4) is 0 Å². The monoisotopic (exact) mass is 313 g/mol. The Hall–Kier alpha value is 0.310. The average Bonchev–Trinajstić information content (AvgIpc) is 2.50. The van der Waals surface area contributed by atoms with Gasteiger partial charge in [0.15, 0.2) is 0 Å². The van der Waals surface area contributed by atoms with Gasteiger partial charge in [-0.2, -0.15) is 11.8 Å². The summed E-state index contributed by atoms with van der Waals surface area (Å²) in [5, 5.41) is 0. The highest BCUT2D eigenvalue weighted by molar-refractivity contribution is 7.99. The fourth-order valence-electron chi connectivity index (χ4n) is 3.42. The van der Waals surface area contributed by atoms with E-state index >= 15 is 0 Å². The fourth-order valence-corrected chi connectivity index (χ4v) is 4.63. The van der Waals surface area contributed by atoms with Crippen LogP contribution in [0.4, 0.5) is 0 Å². The third-order valence-corrected chi connectivity index (χ3v) is 5.95. The molecule has 0 aliphatic carbocycles. The van der Waals surface area contributed by atoms with Gasteiger partial charge in [-0.25, -0.2) is 0 Å². The fraction of sp³-hybridized carbons (Fsp3) is 1.00. The Balaban J connectivity index is 1.80. The van der Waals surface area contributed by atoms with Crippen molar-refractivity contribution in [1.82, 2.24) is 0 Å². The number of hydrogen-bond donors (Lipinski definition) is 1. The summed E-state index contributed by atoms with van der Waals surface area (Å²) >= 11 is 2.12. The van der Waals surface area contributed by atoms with E-state index in [0.29, 0.717) is 6.04 Å². The highest BCUT2D eigenvalue weighted by Crippen LogP contribution is 2.26. The lowest BCUT2D eigenvalue weighted by molar-refractivity contribution is 0.387. The van der Waals surface area contributed by atoms with Crippen LogP contribution in [0.5, 0.6) is 0 Å². The summed E-state index contributed by atoms with van der Waals surface area (Å²) in [6.07, 6.45) is 19.6. The summed E-state index contributed by atoms with van der Waals surface area (Å²) in [4.78, 5) is 0. The van der Waals surface area contributed by atoms with Crippen molar-refractivity contribution in [1.29, 1.82) is 0 Å². The third-order valence-electron chi connectivity index (χ3n) is 4.91. The third kappa shape index (κ3) is 11.5. The average molecular weight is 314 g/mol. The minimum atomic E-state index is 0.479. The largest absolute Gasteiger partial charge is 0.328 e. The summed E-state index contributed by atoms with van der Waals surface area (Å²) in [6.45, 7) is 2.29. The van der Waals surface area contributed by atoms with E-state index in [0.717, 1.165) is 5.92 Å². The maximum Gasteiger partial charge on any atom is 0.00414 e. The van der Waals surface area contributed by atoms with Crippen LogP contribution in [0, 0.1) is 5.92 Å². The molecule has 2 N–H and O–H groups in total. The zero-order valence-electron chi connectivity index (χ0n) is 14.5. The second-order valence-electron chi connectivity index (χ2n) is 7.02. The van der Waals surface area contributed by atoms with Crippen molar-refractivity contribution in [3.63, 3.8) is 0 Å². The summed E-state index contributed by atoms with van der Waals surface area (Å²) in [5.41, 5.74) is 6.31. The van der Waals surface area contributed by atoms with Gasteiger partial charge in [-0.3, -0.25) is 0 Å². The van der Waals surface area contributed by atoms with Crippen LogP contribution in [0.3, 0.4) is 0 Å². The van der Waals surface area contributed by atoms with Crippen LogP contribution in [0.25, 0.3) is 0 Å². The molecule has 0 aromatic heterocycles. The molecule has 126 valence electrons. The van der Waals surface area contributed by atoms with Gasteiger partial charge in [0.25, 0.3) is 0 Å². The number of hydrogen-bond acceptors (Lipinski definition) is 2. The van der Waals surface area contributed by atoms with E-state index in [1.807, 2.05) is 0 Å². The molecule has 1 heterocycles. The lowest BCUT2D eigenvalue weighted by Crippen LogP contribution is -2.25. The molecule has 1 aliphatic heterocycles. The lowest BCUT2D eigenvalue weighted by Gasteiger charge is -2.24. The Morgan fingerprint density at radius 3 is 1.95 bits per heavy atom. The molecule has 2 heteroatoms. The van der Waals surface area contributed by atoms with Crippen LogP contribution in [-0.2, 0) is 0 Å².